The molecular weight excluding hydrogens is 690 g/mol. The van der Waals surface area contributed by atoms with E-state index in [2.05, 4.69) is 61.4 Å². The highest BCUT2D eigenvalue weighted by Gasteiger charge is 2.30. The number of nitrogens with one attached hydrogen (secondary N) is 4. The molecule has 53 heavy (non-hydrogen) atoms. The first-order valence-corrected chi connectivity index (χ1v) is 18.6. The minimum atomic E-state index is -0.812. The van der Waals surface area contributed by atoms with Gasteiger partial charge in [0.25, 0.3) is 5.91 Å². The maximum atomic E-state index is 13.9. The summed E-state index contributed by atoms with van der Waals surface area (Å²) in [7, 11) is 0. The van der Waals surface area contributed by atoms with Crippen LogP contribution in [0.4, 0.5) is 5.69 Å². The first-order valence-electron chi connectivity index (χ1n) is 18.6. The van der Waals surface area contributed by atoms with E-state index in [1.54, 1.807) is 12.1 Å². The van der Waals surface area contributed by atoms with E-state index in [9.17, 15) is 14.4 Å². The van der Waals surface area contributed by atoms with Crippen LogP contribution in [-0.4, -0.2) is 81.0 Å². The Bertz CT molecular complexity index is 1820. The van der Waals surface area contributed by atoms with Crippen LogP contribution in [0.5, 0.6) is 0 Å². The third kappa shape index (κ3) is 10.3. The number of benzene rings is 3. The summed E-state index contributed by atoms with van der Waals surface area (Å²) in [4.78, 5) is 43.3. The first kappa shape index (κ1) is 39.6. The van der Waals surface area contributed by atoms with Gasteiger partial charge in [-0.3, -0.25) is 14.4 Å². The summed E-state index contributed by atoms with van der Waals surface area (Å²) in [5.41, 5.74) is 11.7. The molecule has 1 aromatic heterocycles. The number of halogens is 1. The highest BCUT2D eigenvalue weighted by atomic mass is 35.5. The van der Waals surface area contributed by atoms with E-state index in [1.165, 1.54) is 0 Å². The molecular formula is C40H52ClN9O3. The monoisotopic (exact) mass is 741 g/mol. The van der Waals surface area contributed by atoms with E-state index < -0.39 is 6.04 Å². The van der Waals surface area contributed by atoms with Gasteiger partial charge in [0.15, 0.2) is 5.82 Å². The summed E-state index contributed by atoms with van der Waals surface area (Å²) in [6, 6.07) is 20.9. The molecule has 6 rings (SSSR count). The number of amides is 3. The van der Waals surface area contributed by atoms with E-state index in [1.807, 2.05) is 55.5 Å². The van der Waals surface area contributed by atoms with Gasteiger partial charge in [-0.15, -0.1) is 17.5 Å². The minimum Gasteiger partial charge on any atom is -0.349 e. The van der Waals surface area contributed by atoms with E-state index in [-0.39, 0.29) is 42.1 Å². The summed E-state index contributed by atoms with van der Waals surface area (Å²) in [6.07, 6.45) is 5.52. The lowest BCUT2D eigenvalue weighted by molar-refractivity contribution is -0.130. The fraction of sp³-hybridized carbons (Fsp3) is 0.450. The van der Waals surface area contributed by atoms with Crippen LogP contribution >= 0.6 is 12.4 Å². The number of carbonyl (C=O) groups is 3. The number of hydrogen-bond acceptors (Lipinski definition) is 8. The Balaban J connectivity index is 0.00000541. The number of likely N-dealkylation sites (tertiary alicyclic amines) is 1. The Morgan fingerprint density at radius 3 is 2.32 bits per heavy atom. The van der Waals surface area contributed by atoms with E-state index >= 15 is 0 Å². The number of nitrogens with two attached hydrogens (primary N) is 1. The zero-order valence-corrected chi connectivity index (χ0v) is 31.6. The molecule has 0 bridgehead atoms. The van der Waals surface area contributed by atoms with Gasteiger partial charge in [-0.05, 0) is 141 Å². The lowest BCUT2D eigenvalue weighted by atomic mass is 9.81. The molecule has 1 saturated heterocycles. The van der Waals surface area contributed by atoms with Crippen molar-refractivity contribution in [3.8, 4) is 22.5 Å². The standard InChI is InChI=1S/C40H51N9O3.ClH/c1-25(2)49-19-17-34(18-20-49)42-39(51)32-6-4-5-31(23-32)35-21-28(8-7-26(35)3)22-36(44-38(50)30-11-9-27(24-41)10-12-30)40(52)43-33-15-13-29(14-16-33)37-45-47-48-46-37;/h4-8,13-16,21,23,25,27,30,34,36H,9-12,17-20,22,24,41H2,1-3H3,(H,42,51)(H,43,52)(H,44,50)(H,45,46,47,48);1H/t27-,30-,36-;/m0./s1. The molecule has 13 heteroatoms. The minimum absolute atomic E-state index is 0. The molecule has 1 aliphatic heterocycles. The lowest BCUT2D eigenvalue weighted by Crippen LogP contribution is -2.48. The number of carbonyl (C=O) groups excluding carboxylic acids is 3. The average molecular weight is 742 g/mol. The molecule has 2 fully saturated rings. The molecule has 4 aromatic rings. The van der Waals surface area contributed by atoms with Crippen LogP contribution in [0.3, 0.4) is 0 Å². The van der Waals surface area contributed by atoms with Gasteiger partial charge in [-0.1, -0.05) is 30.3 Å². The van der Waals surface area contributed by atoms with Gasteiger partial charge in [0.1, 0.15) is 6.04 Å². The normalized spacial score (nSPS) is 18.5. The van der Waals surface area contributed by atoms with Crippen LogP contribution in [0.2, 0.25) is 0 Å². The van der Waals surface area contributed by atoms with Crippen LogP contribution < -0.4 is 21.7 Å². The molecule has 3 aromatic carbocycles. The predicted molar refractivity (Wildman–Crippen MR) is 209 cm³/mol. The largest absolute Gasteiger partial charge is 0.349 e. The van der Waals surface area contributed by atoms with Crippen LogP contribution in [0, 0.1) is 18.8 Å². The molecule has 0 unspecified atom stereocenters. The predicted octanol–water partition coefficient (Wildman–Crippen LogP) is 5.30. The van der Waals surface area contributed by atoms with Crippen molar-refractivity contribution < 1.29 is 14.4 Å². The van der Waals surface area contributed by atoms with Gasteiger partial charge in [-0.25, -0.2) is 5.10 Å². The fourth-order valence-corrected chi connectivity index (χ4v) is 7.38. The molecule has 0 spiro atoms. The van der Waals surface area contributed by atoms with Gasteiger partial charge in [0, 0.05) is 54.3 Å². The zero-order valence-electron chi connectivity index (χ0n) is 30.8. The Labute approximate surface area is 317 Å². The first-order chi connectivity index (χ1) is 25.2. The molecule has 6 N–H and O–H groups in total. The molecule has 1 aliphatic carbocycles. The number of rotatable bonds is 12. The van der Waals surface area contributed by atoms with Crippen molar-refractivity contribution in [1.29, 1.82) is 0 Å². The summed E-state index contributed by atoms with van der Waals surface area (Å²) >= 11 is 0. The number of hydrogen-bond donors (Lipinski definition) is 5. The smallest absolute Gasteiger partial charge is 0.251 e. The number of anilines is 1. The van der Waals surface area contributed by atoms with Gasteiger partial charge in [0.05, 0.1) is 0 Å². The number of aromatic amines is 1. The average Bonchev–Trinajstić information content (AvgIpc) is 3.71. The topological polar surface area (TPSA) is 171 Å². The van der Waals surface area contributed by atoms with E-state index in [0.29, 0.717) is 42.0 Å². The quantitative estimate of drug-likeness (QED) is 0.130. The number of piperidine rings is 1. The van der Waals surface area contributed by atoms with Crippen molar-refractivity contribution >= 4 is 35.8 Å². The Morgan fingerprint density at radius 1 is 0.925 bits per heavy atom. The van der Waals surface area contributed by atoms with Crippen molar-refractivity contribution in [2.24, 2.45) is 17.6 Å². The number of nitrogens with zero attached hydrogens (tertiary/aromatic N) is 4. The fourth-order valence-electron chi connectivity index (χ4n) is 7.38. The Hall–Kier alpha value is -4.65. The summed E-state index contributed by atoms with van der Waals surface area (Å²) in [5.74, 6) is 0.332. The lowest BCUT2D eigenvalue weighted by Gasteiger charge is -2.34. The second kappa shape index (κ2) is 18.4. The second-order valence-electron chi connectivity index (χ2n) is 14.6. The highest BCUT2D eigenvalue weighted by molar-refractivity contribution is 5.98. The third-order valence-electron chi connectivity index (χ3n) is 10.7. The SMILES string of the molecule is Cc1ccc(C[C@H](NC(=O)[C@H]2CC[C@H](CN)CC2)C(=O)Nc2ccc(-c3nnn[nH]3)cc2)cc1-c1cccc(C(=O)NC2CCN(C(C)C)CC2)c1.Cl. The summed E-state index contributed by atoms with van der Waals surface area (Å²) in [6.45, 7) is 9.06. The van der Waals surface area contributed by atoms with Gasteiger partial charge in [0.2, 0.25) is 11.8 Å². The number of H-pyrrole nitrogens is 1. The summed E-state index contributed by atoms with van der Waals surface area (Å²) < 4.78 is 0. The van der Waals surface area contributed by atoms with Gasteiger partial charge in [-0.2, -0.15) is 0 Å². The number of aromatic nitrogens is 4. The van der Waals surface area contributed by atoms with E-state index in [4.69, 9.17) is 5.73 Å². The Kier molecular flexibility index (Phi) is 13.7. The molecule has 2 aliphatic rings. The zero-order chi connectivity index (χ0) is 36.6. The molecule has 12 nitrogen and oxygen atoms in total. The van der Waals surface area contributed by atoms with E-state index in [0.717, 1.165) is 79.4 Å². The molecule has 1 saturated carbocycles. The number of tetrazole rings is 1. The molecule has 282 valence electrons. The van der Waals surface area contributed by atoms with Crippen molar-refractivity contribution in [2.75, 3.05) is 25.0 Å². The second-order valence-corrected chi connectivity index (χ2v) is 14.6. The van der Waals surface area contributed by atoms with Crippen molar-refractivity contribution in [3.05, 3.63) is 83.4 Å². The van der Waals surface area contributed by atoms with Crippen molar-refractivity contribution in [2.45, 2.75) is 83.8 Å². The third-order valence-corrected chi connectivity index (χ3v) is 10.7. The van der Waals surface area contributed by atoms with Crippen molar-refractivity contribution in [1.82, 2.24) is 36.2 Å². The van der Waals surface area contributed by atoms with Crippen LogP contribution in [-0.2, 0) is 16.0 Å². The number of aryl methyl sites for hydroxylation is 1. The van der Waals surface area contributed by atoms with Gasteiger partial charge >= 0.3 is 0 Å². The van der Waals surface area contributed by atoms with Crippen LogP contribution in [0.15, 0.2) is 66.7 Å². The molecule has 3 amide bonds. The highest BCUT2D eigenvalue weighted by Crippen LogP contribution is 2.30. The van der Waals surface area contributed by atoms with Crippen molar-refractivity contribution in [3.63, 3.8) is 0 Å². The molecule has 1 atom stereocenters. The van der Waals surface area contributed by atoms with Crippen LogP contribution in [0.1, 0.15) is 73.9 Å². The summed E-state index contributed by atoms with van der Waals surface area (Å²) in [5, 5.41) is 23.3. The van der Waals surface area contributed by atoms with Crippen LogP contribution in [0.25, 0.3) is 22.5 Å². The molecule has 0 radical (unpaired) electrons. The molecule has 2 heterocycles. The van der Waals surface area contributed by atoms with Gasteiger partial charge < -0.3 is 26.6 Å². The maximum absolute atomic E-state index is 13.9. The maximum Gasteiger partial charge on any atom is 0.251 e. The Morgan fingerprint density at radius 2 is 1.66 bits per heavy atom.